The van der Waals surface area contributed by atoms with Crippen molar-refractivity contribution in [1.82, 2.24) is 9.78 Å². The molecule has 6 nitrogen and oxygen atoms in total. The molecule has 0 aliphatic carbocycles. The van der Waals surface area contributed by atoms with E-state index >= 15 is 0 Å². The maximum atomic E-state index is 12.1. The molecule has 2 aromatic heterocycles. The molecule has 0 amide bonds. The molecule has 0 bridgehead atoms. The lowest BCUT2D eigenvalue weighted by Gasteiger charge is -2.03. The second kappa shape index (κ2) is 6.24. The summed E-state index contributed by atoms with van der Waals surface area (Å²) in [5.74, 6) is 0. The van der Waals surface area contributed by atoms with Crippen molar-refractivity contribution in [2.45, 2.75) is 10.8 Å². The summed E-state index contributed by atoms with van der Waals surface area (Å²) in [4.78, 5) is 0. The van der Waals surface area contributed by atoms with E-state index in [1.807, 2.05) is 6.07 Å². The van der Waals surface area contributed by atoms with Gasteiger partial charge in [-0.2, -0.15) is 10.4 Å². The van der Waals surface area contributed by atoms with E-state index in [-0.39, 0.29) is 4.21 Å². The average molecular weight is 344 g/mol. The minimum atomic E-state index is -3.57. The molecule has 0 spiro atoms. The maximum Gasteiger partial charge on any atom is 0.271 e. The maximum absolute atomic E-state index is 12.1. The van der Waals surface area contributed by atoms with Gasteiger partial charge in [-0.3, -0.25) is 9.40 Å². The molecule has 0 aliphatic heterocycles. The smallest absolute Gasteiger partial charge is 0.271 e. The fourth-order valence-electron chi connectivity index (χ4n) is 2.05. The van der Waals surface area contributed by atoms with Gasteiger partial charge < -0.3 is 0 Å². The number of hydrogen-bond acceptors (Lipinski definition) is 5. The monoisotopic (exact) mass is 344 g/mol. The van der Waals surface area contributed by atoms with E-state index < -0.39 is 10.0 Å². The predicted octanol–water partition coefficient (Wildman–Crippen LogP) is 2.67. The SMILES string of the molecule is N#Cc1cccc(Cn2cc(NS(=O)(=O)c3cccs3)cn2)c1. The Kier molecular flexibility index (Phi) is 4.14. The number of nitrogens with zero attached hydrogens (tertiary/aromatic N) is 3. The third kappa shape index (κ3) is 3.59. The predicted molar refractivity (Wildman–Crippen MR) is 87.6 cm³/mol. The summed E-state index contributed by atoms with van der Waals surface area (Å²) < 4.78 is 28.6. The van der Waals surface area contributed by atoms with Crippen LogP contribution >= 0.6 is 11.3 Å². The highest BCUT2D eigenvalue weighted by Gasteiger charge is 2.15. The summed E-state index contributed by atoms with van der Waals surface area (Å²) in [6.07, 6.45) is 3.07. The Morgan fingerprint density at radius 3 is 2.91 bits per heavy atom. The summed E-state index contributed by atoms with van der Waals surface area (Å²) in [5.41, 5.74) is 1.89. The number of nitrogens with one attached hydrogen (secondary N) is 1. The number of rotatable bonds is 5. The van der Waals surface area contributed by atoms with Crippen molar-refractivity contribution in [2.75, 3.05) is 4.72 Å². The van der Waals surface area contributed by atoms with Gasteiger partial charge in [0, 0.05) is 6.20 Å². The van der Waals surface area contributed by atoms with E-state index in [0.29, 0.717) is 17.8 Å². The molecule has 0 unspecified atom stereocenters. The number of benzene rings is 1. The zero-order valence-corrected chi connectivity index (χ0v) is 13.5. The fourth-order valence-corrected chi connectivity index (χ4v) is 4.07. The van der Waals surface area contributed by atoms with Gasteiger partial charge in [0.15, 0.2) is 0 Å². The third-order valence-electron chi connectivity index (χ3n) is 3.05. The van der Waals surface area contributed by atoms with Gasteiger partial charge in [0.1, 0.15) is 4.21 Å². The van der Waals surface area contributed by atoms with Crippen LogP contribution in [0.1, 0.15) is 11.1 Å². The van der Waals surface area contributed by atoms with Crippen molar-refractivity contribution in [3.05, 3.63) is 65.3 Å². The second-order valence-electron chi connectivity index (χ2n) is 4.78. The van der Waals surface area contributed by atoms with Crippen LogP contribution in [0.15, 0.2) is 58.4 Å². The van der Waals surface area contributed by atoms with Crippen molar-refractivity contribution >= 4 is 27.0 Å². The third-order valence-corrected chi connectivity index (χ3v) is 5.82. The molecule has 1 N–H and O–H groups in total. The van der Waals surface area contributed by atoms with Crippen LogP contribution in [0.4, 0.5) is 5.69 Å². The quantitative estimate of drug-likeness (QED) is 0.771. The van der Waals surface area contributed by atoms with Crippen molar-refractivity contribution in [3.63, 3.8) is 0 Å². The van der Waals surface area contributed by atoms with Gasteiger partial charge in [0.2, 0.25) is 0 Å². The Bertz CT molecular complexity index is 954. The van der Waals surface area contributed by atoms with Crippen LogP contribution in [0.2, 0.25) is 0 Å². The summed E-state index contributed by atoms with van der Waals surface area (Å²) in [6, 6.07) is 12.5. The highest BCUT2D eigenvalue weighted by Crippen LogP contribution is 2.20. The zero-order chi connectivity index (χ0) is 16.3. The number of anilines is 1. The molecule has 1 aromatic carbocycles. The largest absolute Gasteiger partial charge is 0.276 e. The van der Waals surface area contributed by atoms with Crippen LogP contribution in [-0.2, 0) is 16.6 Å². The molecule has 2 heterocycles. The number of sulfonamides is 1. The van der Waals surface area contributed by atoms with Crippen LogP contribution < -0.4 is 4.72 Å². The van der Waals surface area contributed by atoms with Crippen LogP contribution in [0.3, 0.4) is 0 Å². The molecule has 23 heavy (non-hydrogen) atoms. The van der Waals surface area contributed by atoms with Gasteiger partial charge in [-0.1, -0.05) is 18.2 Å². The Hall–Kier alpha value is -2.63. The molecule has 0 fully saturated rings. The van der Waals surface area contributed by atoms with E-state index in [2.05, 4.69) is 15.9 Å². The van der Waals surface area contributed by atoms with E-state index in [4.69, 9.17) is 5.26 Å². The minimum absolute atomic E-state index is 0.256. The molecule has 0 saturated heterocycles. The van der Waals surface area contributed by atoms with Crippen molar-refractivity contribution in [1.29, 1.82) is 5.26 Å². The van der Waals surface area contributed by atoms with Gasteiger partial charge in [0.05, 0.1) is 30.1 Å². The summed E-state index contributed by atoms with van der Waals surface area (Å²) in [7, 11) is -3.57. The molecule has 0 atom stereocenters. The molecular formula is C15H12N4O2S2. The lowest BCUT2D eigenvalue weighted by Crippen LogP contribution is -2.10. The van der Waals surface area contributed by atoms with Gasteiger partial charge in [-0.25, -0.2) is 8.42 Å². The van der Waals surface area contributed by atoms with Gasteiger partial charge in [-0.15, -0.1) is 11.3 Å². The van der Waals surface area contributed by atoms with Crippen molar-refractivity contribution < 1.29 is 8.42 Å². The summed E-state index contributed by atoms with van der Waals surface area (Å²) in [5, 5.41) is 14.8. The van der Waals surface area contributed by atoms with Crippen molar-refractivity contribution in [2.24, 2.45) is 0 Å². The number of hydrogen-bond donors (Lipinski definition) is 1. The van der Waals surface area contributed by atoms with Crippen LogP contribution in [0.5, 0.6) is 0 Å². The Morgan fingerprint density at radius 1 is 1.30 bits per heavy atom. The molecule has 8 heteroatoms. The lowest BCUT2D eigenvalue weighted by atomic mass is 10.1. The molecule has 3 rings (SSSR count). The van der Waals surface area contributed by atoms with E-state index in [1.165, 1.54) is 6.20 Å². The van der Waals surface area contributed by atoms with Gasteiger partial charge >= 0.3 is 0 Å². The fraction of sp³-hybridized carbons (Fsp3) is 0.0667. The molecule has 0 aliphatic rings. The Morgan fingerprint density at radius 2 is 2.17 bits per heavy atom. The van der Waals surface area contributed by atoms with Crippen molar-refractivity contribution in [3.8, 4) is 6.07 Å². The molecule has 3 aromatic rings. The van der Waals surface area contributed by atoms with Crippen LogP contribution in [-0.4, -0.2) is 18.2 Å². The average Bonchev–Trinajstić information content (AvgIpc) is 3.19. The molecule has 0 saturated carbocycles. The Balaban J connectivity index is 1.75. The first-order chi connectivity index (χ1) is 11.1. The van der Waals surface area contributed by atoms with Gasteiger partial charge in [0.25, 0.3) is 10.0 Å². The highest BCUT2D eigenvalue weighted by atomic mass is 32.2. The number of nitriles is 1. The van der Waals surface area contributed by atoms with E-state index in [1.54, 1.807) is 46.6 Å². The minimum Gasteiger partial charge on any atom is -0.276 e. The molecular weight excluding hydrogens is 332 g/mol. The van der Waals surface area contributed by atoms with E-state index in [9.17, 15) is 8.42 Å². The zero-order valence-electron chi connectivity index (χ0n) is 11.9. The lowest BCUT2D eigenvalue weighted by molar-refractivity contribution is 0.603. The summed E-state index contributed by atoms with van der Waals surface area (Å²) >= 11 is 1.15. The number of thiophene rings is 1. The van der Waals surface area contributed by atoms with Crippen LogP contribution in [0, 0.1) is 11.3 Å². The Labute approximate surface area is 137 Å². The summed E-state index contributed by atoms with van der Waals surface area (Å²) in [6.45, 7) is 0.455. The van der Waals surface area contributed by atoms with Crippen LogP contribution in [0.25, 0.3) is 0 Å². The standard InChI is InChI=1S/C15H12N4O2S2/c16-8-12-3-1-4-13(7-12)10-19-11-14(9-17-19)18-23(20,21)15-5-2-6-22-15/h1-7,9,11,18H,10H2. The first kappa shape index (κ1) is 15.3. The topological polar surface area (TPSA) is 87.8 Å². The first-order valence-corrected chi connectivity index (χ1v) is 9.01. The first-order valence-electron chi connectivity index (χ1n) is 6.65. The number of aromatic nitrogens is 2. The molecule has 116 valence electrons. The molecule has 0 radical (unpaired) electrons. The second-order valence-corrected chi connectivity index (χ2v) is 7.63. The normalized spacial score (nSPS) is 11.1. The van der Waals surface area contributed by atoms with Gasteiger partial charge in [-0.05, 0) is 29.1 Å². The van der Waals surface area contributed by atoms with E-state index in [0.717, 1.165) is 16.9 Å². The highest BCUT2D eigenvalue weighted by molar-refractivity contribution is 7.94.